The van der Waals surface area contributed by atoms with Crippen molar-refractivity contribution in [1.82, 2.24) is 4.90 Å². The fraction of sp³-hybridized carbons (Fsp3) is 0.846. The average molecular weight is 269 g/mol. The summed E-state index contributed by atoms with van der Waals surface area (Å²) in [6.45, 7) is 8.80. The summed E-state index contributed by atoms with van der Waals surface area (Å²) in [6, 6.07) is 0. The summed E-state index contributed by atoms with van der Waals surface area (Å²) in [7, 11) is 0. The SMILES string of the molecule is C[C@@H]1C2CC1(N(/C=N/C(=N)[S+](C)[O-])C(C)(C)C)C2. The largest absolute Gasteiger partial charge is 0.609 e. The highest BCUT2D eigenvalue weighted by molar-refractivity contribution is 8.05. The number of nitrogens with one attached hydrogen (secondary N) is 1. The summed E-state index contributed by atoms with van der Waals surface area (Å²) >= 11 is -1.30. The third-order valence-electron chi connectivity index (χ3n) is 4.55. The third-order valence-corrected chi connectivity index (χ3v) is 5.20. The maximum atomic E-state index is 11.2. The van der Waals surface area contributed by atoms with E-state index in [0.29, 0.717) is 5.92 Å². The molecule has 0 amide bonds. The van der Waals surface area contributed by atoms with E-state index in [0.717, 1.165) is 5.92 Å². The van der Waals surface area contributed by atoms with Gasteiger partial charge in [0.15, 0.2) is 0 Å². The number of rotatable bonds is 2. The van der Waals surface area contributed by atoms with Gasteiger partial charge in [-0.3, -0.25) is 0 Å². The fourth-order valence-corrected chi connectivity index (χ4v) is 3.44. The van der Waals surface area contributed by atoms with Crippen LogP contribution in [0.1, 0.15) is 40.5 Å². The third kappa shape index (κ3) is 1.97. The van der Waals surface area contributed by atoms with E-state index in [-0.39, 0.29) is 16.2 Å². The molecular weight excluding hydrogens is 246 g/mol. The minimum Gasteiger partial charge on any atom is -0.609 e. The number of nitrogens with zero attached hydrogens (tertiary/aromatic N) is 2. The lowest BCUT2D eigenvalue weighted by atomic mass is 9.42. The quantitative estimate of drug-likeness (QED) is 0.474. The Morgan fingerprint density at radius 1 is 1.50 bits per heavy atom. The number of hydrogen-bond donors (Lipinski definition) is 1. The van der Waals surface area contributed by atoms with Crippen molar-refractivity contribution in [3.8, 4) is 0 Å². The van der Waals surface area contributed by atoms with E-state index >= 15 is 0 Å². The van der Waals surface area contributed by atoms with Gasteiger partial charge in [-0.05, 0) is 45.4 Å². The van der Waals surface area contributed by atoms with Gasteiger partial charge >= 0.3 is 5.17 Å². The second-order valence-corrected chi connectivity index (χ2v) is 7.90. The van der Waals surface area contributed by atoms with E-state index in [4.69, 9.17) is 5.41 Å². The van der Waals surface area contributed by atoms with Crippen molar-refractivity contribution in [2.24, 2.45) is 16.8 Å². The Morgan fingerprint density at radius 3 is 2.33 bits per heavy atom. The molecule has 0 aliphatic heterocycles. The number of aliphatic imine (C=N–C) groups is 1. The Labute approximate surface area is 113 Å². The standard InChI is InChI=1S/C13H23N3OS/c1-9-10-6-13(9,7-10)16(12(2,3)4)8-15-11(14)18(5)17/h8-10,14H,6-7H2,1-5H3/b14-11?,15-8+/t9-,10?,13?,18?/m1/s1. The predicted molar refractivity (Wildman–Crippen MR) is 76.5 cm³/mol. The molecule has 2 bridgehead atoms. The van der Waals surface area contributed by atoms with Crippen LogP contribution in [0.4, 0.5) is 0 Å². The van der Waals surface area contributed by atoms with E-state index in [2.05, 4.69) is 37.6 Å². The second-order valence-electron chi connectivity index (χ2n) is 6.61. The van der Waals surface area contributed by atoms with Crippen LogP contribution in [-0.4, -0.2) is 38.3 Å². The molecule has 3 rings (SSSR count). The fourth-order valence-electron chi connectivity index (χ4n) is 3.25. The molecular formula is C13H23N3OS. The highest BCUT2D eigenvalue weighted by Crippen LogP contribution is 2.65. The van der Waals surface area contributed by atoms with Crippen molar-refractivity contribution in [3.05, 3.63) is 0 Å². The van der Waals surface area contributed by atoms with Crippen molar-refractivity contribution in [3.63, 3.8) is 0 Å². The molecule has 0 aromatic carbocycles. The maximum absolute atomic E-state index is 11.2. The molecule has 0 aromatic rings. The predicted octanol–water partition coefficient (Wildman–Crippen LogP) is 2.23. The van der Waals surface area contributed by atoms with Crippen LogP contribution in [0.25, 0.3) is 0 Å². The average Bonchev–Trinajstić information content (AvgIpc) is 2.19. The molecule has 102 valence electrons. The first kappa shape index (κ1) is 13.9. The van der Waals surface area contributed by atoms with Crippen LogP contribution in [0.15, 0.2) is 4.99 Å². The lowest BCUT2D eigenvalue weighted by molar-refractivity contribution is -0.195. The molecule has 3 aliphatic rings. The second kappa shape index (κ2) is 4.23. The van der Waals surface area contributed by atoms with Gasteiger partial charge in [-0.25, -0.2) is 5.41 Å². The first-order chi connectivity index (χ1) is 8.18. The van der Waals surface area contributed by atoms with Crippen LogP contribution in [0, 0.1) is 17.2 Å². The zero-order chi connectivity index (χ0) is 13.7. The van der Waals surface area contributed by atoms with E-state index in [1.165, 1.54) is 19.1 Å². The van der Waals surface area contributed by atoms with E-state index in [1.807, 2.05) is 0 Å². The summed E-state index contributed by atoms with van der Waals surface area (Å²) in [4.78, 5) is 6.37. The van der Waals surface area contributed by atoms with Crippen LogP contribution in [0.2, 0.25) is 0 Å². The van der Waals surface area contributed by atoms with Crippen LogP contribution >= 0.6 is 0 Å². The molecule has 3 fully saturated rings. The minimum atomic E-state index is -1.30. The zero-order valence-corrected chi connectivity index (χ0v) is 12.7. The smallest absolute Gasteiger partial charge is 0.336 e. The number of amidine groups is 1. The highest BCUT2D eigenvalue weighted by Gasteiger charge is 2.66. The minimum absolute atomic E-state index is 0.0152. The normalized spacial score (nSPS) is 35.9. The summed E-state index contributed by atoms with van der Waals surface area (Å²) < 4.78 is 11.2. The topological polar surface area (TPSA) is 62.5 Å². The van der Waals surface area contributed by atoms with E-state index < -0.39 is 11.2 Å². The first-order valence-electron chi connectivity index (χ1n) is 6.44. The summed E-state index contributed by atoms with van der Waals surface area (Å²) in [5.74, 6) is 1.59. The highest BCUT2D eigenvalue weighted by atomic mass is 32.2. The van der Waals surface area contributed by atoms with Gasteiger partial charge in [-0.2, -0.15) is 4.99 Å². The van der Waals surface area contributed by atoms with E-state index in [9.17, 15) is 4.55 Å². The van der Waals surface area contributed by atoms with Crippen LogP contribution in [0.5, 0.6) is 0 Å². The molecule has 4 nitrogen and oxygen atoms in total. The van der Waals surface area contributed by atoms with Crippen molar-refractivity contribution in [2.45, 2.75) is 51.6 Å². The first-order valence-corrected chi connectivity index (χ1v) is 8.00. The molecule has 0 saturated heterocycles. The Hall–Kier alpha value is -0.550. The molecule has 0 spiro atoms. The van der Waals surface area contributed by atoms with Gasteiger partial charge in [-0.15, -0.1) is 0 Å². The monoisotopic (exact) mass is 269 g/mol. The molecule has 2 atom stereocenters. The molecule has 18 heavy (non-hydrogen) atoms. The van der Waals surface area contributed by atoms with Gasteiger partial charge in [0.2, 0.25) is 0 Å². The molecule has 5 heteroatoms. The van der Waals surface area contributed by atoms with Crippen molar-refractivity contribution < 1.29 is 4.55 Å². The summed E-state index contributed by atoms with van der Waals surface area (Å²) in [5, 5.41) is 7.51. The Bertz CT molecular complexity index is 380. The van der Waals surface area contributed by atoms with Crippen LogP contribution in [0.3, 0.4) is 0 Å². The van der Waals surface area contributed by atoms with Gasteiger partial charge in [0.1, 0.15) is 6.26 Å². The van der Waals surface area contributed by atoms with Gasteiger partial charge in [0.05, 0.1) is 6.34 Å². The maximum Gasteiger partial charge on any atom is 0.336 e. The van der Waals surface area contributed by atoms with Gasteiger partial charge < -0.3 is 9.45 Å². The Morgan fingerprint density at radius 2 is 2.06 bits per heavy atom. The van der Waals surface area contributed by atoms with Crippen LogP contribution in [-0.2, 0) is 11.2 Å². The van der Waals surface area contributed by atoms with Crippen LogP contribution < -0.4 is 0 Å². The molecule has 3 saturated carbocycles. The number of hydrogen-bond acceptors (Lipinski definition) is 2. The van der Waals surface area contributed by atoms with Gasteiger partial charge in [0.25, 0.3) is 0 Å². The molecule has 1 N–H and O–H groups in total. The Balaban J connectivity index is 2.15. The van der Waals surface area contributed by atoms with Crippen molar-refractivity contribution in [1.29, 1.82) is 5.41 Å². The zero-order valence-electron chi connectivity index (χ0n) is 11.9. The Kier molecular flexibility index (Phi) is 3.26. The van der Waals surface area contributed by atoms with Crippen molar-refractivity contribution in [2.75, 3.05) is 6.26 Å². The van der Waals surface area contributed by atoms with E-state index in [1.54, 1.807) is 6.34 Å². The molecule has 3 aliphatic carbocycles. The summed E-state index contributed by atoms with van der Waals surface area (Å²) in [5.41, 5.74) is 0.223. The molecule has 1 unspecified atom stereocenters. The summed E-state index contributed by atoms with van der Waals surface area (Å²) in [6.07, 6.45) is 5.71. The molecule has 0 heterocycles. The lowest BCUT2D eigenvalue weighted by Gasteiger charge is -2.73. The molecule has 0 aromatic heterocycles. The van der Waals surface area contributed by atoms with Gasteiger partial charge in [-0.1, -0.05) is 6.92 Å². The van der Waals surface area contributed by atoms with Gasteiger partial charge in [0, 0.05) is 22.3 Å². The lowest BCUT2D eigenvalue weighted by Crippen LogP contribution is -2.77. The van der Waals surface area contributed by atoms with Crippen molar-refractivity contribution >= 4 is 22.7 Å². The molecule has 0 radical (unpaired) electrons.